The fraction of sp³-hybridized carbons (Fsp3) is 0.273. The monoisotopic (exact) mass is 516 g/mol. The summed E-state index contributed by atoms with van der Waals surface area (Å²) in [6, 6.07) is 31.9. The van der Waals surface area contributed by atoms with E-state index in [1.54, 1.807) is 0 Å². The summed E-state index contributed by atoms with van der Waals surface area (Å²) >= 11 is 8.18. The van der Waals surface area contributed by atoms with Gasteiger partial charge in [0.05, 0.1) is 0 Å². The van der Waals surface area contributed by atoms with Crippen molar-refractivity contribution in [2.75, 3.05) is 6.16 Å². The van der Waals surface area contributed by atoms with Crippen molar-refractivity contribution in [3.8, 4) is 0 Å². The molecule has 3 heteroatoms. The van der Waals surface area contributed by atoms with Crippen LogP contribution in [0.5, 0.6) is 0 Å². The Labute approximate surface area is 222 Å². The fourth-order valence-electron chi connectivity index (χ4n) is 5.76. The van der Waals surface area contributed by atoms with Crippen LogP contribution >= 0.6 is 17.2 Å². The first-order chi connectivity index (χ1) is 17.1. The molecule has 0 amide bonds. The Morgan fingerprint density at radius 3 is 1.75 bits per heavy atom. The molecule has 0 spiro atoms. The predicted octanol–water partition coefficient (Wildman–Crippen LogP) is 7.67. The third-order valence-corrected chi connectivity index (χ3v) is 14.8. The van der Waals surface area contributed by atoms with Gasteiger partial charge in [0.15, 0.2) is 0 Å². The SMILES string of the molecule is CC(C=CC1=C(C)CC(O)CC1(C)C)=CCP(Cl)(c1ccccc1)(c1ccccc1)c1ccccc1. The summed E-state index contributed by atoms with van der Waals surface area (Å²) in [5.74, 6) is -3.31. The summed E-state index contributed by atoms with van der Waals surface area (Å²) in [4.78, 5) is 0. The van der Waals surface area contributed by atoms with Crippen molar-refractivity contribution in [1.82, 2.24) is 0 Å². The van der Waals surface area contributed by atoms with E-state index < -0.39 is 5.96 Å². The molecule has 1 aliphatic carbocycles. The quantitative estimate of drug-likeness (QED) is 0.252. The van der Waals surface area contributed by atoms with Gasteiger partial charge in [0.2, 0.25) is 0 Å². The van der Waals surface area contributed by atoms with E-state index in [1.165, 1.54) is 32.6 Å². The predicted molar refractivity (Wildman–Crippen MR) is 160 cm³/mol. The number of aliphatic hydroxyl groups is 1. The number of hydrogen-bond acceptors (Lipinski definition) is 1. The second-order valence-electron chi connectivity index (χ2n) is 10.8. The Balaban J connectivity index is 1.82. The average molecular weight is 517 g/mol. The van der Waals surface area contributed by atoms with E-state index in [4.69, 9.17) is 11.2 Å². The zero-order chi connectivity index (χ0) is 25.8. The van der Waals surface area contributed by atoms with Gasteiger partial charge in [0, 0.05) is 0 Å². The first kappa shape index (κ1) is 26.6. The Hall–Kier alpha value is -2.44. The van der Waals surface area contributed by atoms with Gasteiger partial charge in [-0.25, -0.2) is 0 Å². The van der Waals surface area contributed by atoms with Crippen LogP contribution < -0.4 is 15.9 Å². The molecule has 0 fully saturated rings. The minimum atomic E-state index is -3.31. The topological polar surface area (TPSA) is 20.2 Å². The number of halogens is 1. The standard InChI is InChI=1S/C33H38ClOP/c1-26(20-21-32-27(2)24-28(35)25-33(32,3)4)22-23-36(34,29-14-8-5-9-15-29,30-16-10-6-11-17-30)31-18-12-7-13-19-31/h5-22,28,35H,23-25H2,1-4H3. The van der Waals surface area contributed by atoms with Crippen molar-refractivity contribution in [2.45, 2.75) is 46.6 Å². The first-order valence-electron chi connectivity index (χ1n) is 12.8. The van der Waals surface area contributed by atoms with E-state index in [0.717, 1.165) is 19.0 Å². The van der Waals surface area contributed by atoms with Crippen molar-refractivity contribution >= 4 is 33.1 Å². The molecule has 188 valence electrons. The van der Waals surface area contributed by atoms with Crippen LogP contribution in [0.25, 0.3) is 0 Å². The summed E-state index contributed by atoms with van der Waals surface area (Å²) < 4.78 is 0. The Bertz CT molecular complexity index is 1170. The summed E-state index contributed by atoms with van der Waals surface area (Å²) in [6.45, 7) is 8.76. The Morgan fingerprint density at radius 2 is 1.33 bits per heavy atom. The molecule has 1 atom stereocenters. The van der Waals surface area contributed by atoms with Crippen molar-refractivity contribution in [2.24, 2.45) is 5.41 Å². The molecule has 4 rings (SSSR count). The summed E-state index contributed by atoms with van der Waals surface area (Å²) in [5, 5.41) is 13.8. The zero-order valence-electron chi connectivity index (χ0n) is 21.9. The molecule has 0 heterocycles. The molecule has 0 radical (unpaired) electrons. The van der Waals surface area contributed by atoms with Crippen molar-refractivity contribution in [3.63, 3.8) is 0 Å². The third-order valence-electron chi connectivity index (χ3n) is 7.63. The van der Waals surface area contributed by atoms with Crippen LogP contribution in [0, 0.1) is 5.41 Å². The van der Waals surface area contributed by atoms with Gasteiger partial charge in [-0.05, 0) is 0 Å². The van der Waals surface area contributed by atoms with Gasteiger partial charge < -0.3 is 0 Å². The van der Waals surface area contributed by atoms with Gasteiger partial charge in [0.1, 0.15) is 0 Å². The van der Waals surface area contributed by atoms with Gasteiger partial charge in [-0.3, -0.25) is 0 Å². The number of allylic oxidation sites excluding steroid dienone is 5. The molecule has 1 N–H and O–H groups in total. The molecule has 0 bridgehead atoms. The molecular weight excluding hydrogens is 479 g/mol. The van der Waals surface area contributed by atoms with Gasteiger partial charge in [-0.15, -0.1) is 0 Å². The van der Waals surface area contributed by atoms with Crippen LogP contribution in [0.1, 0.15) is 40.5 Å². The summed E-state index contributed by atoms with van der Waals surface area (Å²) in [7, 11) is 0. The van der Waals surface area contributed by atoms with E-state index >= 15 is 0 Å². The van der Waals surface area contributed by atoms with Crippen LogP contribution in [-0.4, -0.2) is 17.4 Å². The Kier molecular flexibility index (Phi) is 7.77. The molecule has 0 aliphatic heterocycles. The first-order valence-corrected chi connectivity index (χ1v) is 16.1. The maximum atomic E-state index is 10.3. The van der Waals surface area contributed by atoms with Crippen molar-refractivity contribution in [3.05, 3.63) is 126 Å². The molecule has 36 heavy (non-hydrogen) atoms. The molecule has 1 unspecified atom stereocenters. The van der Waals surface area contributed by atoms with Gasteiger partial charge >= 0.3 is 222 Å². The molecular formula is C33H38ClOP. The van der Waals surface area contributed by atoms with Gasteiger partial charge in [-0.2, -0.15) is 0 Å². The zero-order valence-corrected chi connectivity index (χ0v) is 23.5. The van der Waals surface area contributed by atoms with E-state index in [2.05, 4.69) is 137 Å². The molecule has 3 aromatic carbocycles. The molecule has 1 aliphatic rings. The molecule has 0 aromatic heterocycles. The van der Waals surface area contributed by atoms with E-state index in [0.29, 0.717) is 0 Å². The van der Waals surface area contributed by atoms with Gasteiger partial charge in [0.25, 0.3) is 0 Å². The fourth-order valence-corrected chi connectivity index (χ4v) is 11.5. The van der Waals surface area contributed by atoms with Crippen LogP contribution in [0.4, 0.5) is 0 Å². The number of hydrogen-bond donors (Lipinski definition) is 1. The van der Waals surface area contributed by atoms with Crippen LogP contribution in [0.15, 0.2) is 126 Å². The minimum absolute atomic E-state index is 0.0393. The maximum absolute atomic E-state index is 10.3. The molecule has 0 saturated heterocycles. The molecule has 0 saturated carbocycles. The number of aliphatic hydroxyl groups excluding tert-OH is 1. The third kappa shape index (κ3) is 5.03. The molecule has 1 nitrogen and oxygen atoms in total. The normalized spacial score (nSPS) is 19.8. The van der Waals surface area contributed by atoms with E-state index in [1.807, 2.05) is 0 Å². The molecule has 3 aromatic rings. The van der Waals surface area contributed by atoms with Crippen LogP contribution in [0.2, 0.25) is 0 Å². The van der Waals surface area contributed by atoms with Crippen LogP contribution in [0.3, 0.4) is 0 Å². The summed E-state index contributed by atoms with van der Waals surface area (Å²) in [6.07, 6.45) is 8.80. The van der Waals surface area contributed by atoms with Crippen molar-refractivity contribution in [1.29, 1.82) is 0 Å². The van der Waals surface area contributed by atoms with E-state index in [-0.39, 0.29) is 11.5 Å². The van der Waals surface area contributed by atoms with Gasteiger partial charge in [-0.1, -0.05) is 0 Å². The average Bonchev–Trinajstić information content (AvgIpc) is 2.88. The second kappa shape index (κ2) is 10.5. The van der Waals surface area contributed by atoms with E-state index in [9.17, 15) is 5.11 Å². The van der Waals surface area contributed by atoms with Crippen molar-refractivity contribution < 1.29 is 5.11 Å². The number of benzene rings is 3. The van der Waals surface area contributed by atoms with Crippen LogP contribution in [-0.2, 0) is 0 Å². The number of rotatable bonds is 7. The second-order valence-corrected chi connectivity index (χ2v) is 17.3. The summed E-state index contributed by atoms with van der Waals surface area (Å²) in [5.41, 5.74) is 3.76. The Morgan fingerprint density at radius 1 is 0.889 bits per heavy atom.